The molecule has 0 amide bonds. The highest BCUT2D eigenvalue weighted by atomic mass is 16.7. The van der Waals surface area contributed by atoms with Crippen molar-refractivity contribution in [2.45, 2.75) is 6.10 Å². The van der Waals surface area contributed by atoms with E-state index in [0.29, 0.717) is 0 Å². The summed E-state index contributed by atoms with van der Waals surface area (Å²) in [5.74, 6) is -0.399. The van der Waals surface area contributed by atoms with Gasteiger partial charge in [0.15, 0.2) is 6.10 Å². The largest absolute Gasteiger partial charge is 0.467 e. The third-order valence-electron chi connectivity index (χ3n) is 1.000. The quantitative estimate of drug-likeness (QED) is 0.458. The summed E-state index contributed by atoms with van der Waals surface area (Å²) in [5.41, 5.74) is 0. The SMILES string of the molecule is COC(=O)C1CO[CH]O1. The third kappa shape index (κ3) is 1.40. The fraction of sp³-hybridized carbons (Fsp3) is 0.600. The fourth-order valence-corrected chi connectivity index (χ4v) is 0.527. The highest BCUT2D eigenvalue weighted by Crippen LogP contribution is 2.07. The molecule has 0 bridgehead atoms. The zero-order chi connectivity index (χ0) is 6.69. The summed E-state index contributed by atoms with van der Waals surface area (Å²) in [6.45, 7) is 1.40. The first-order chi connectivity index (χ1) is 4.34. The van der Waals surface area contributed by atoms with E-state index < -0.39 is 12.1 Å². The van der Waals surface area contributed by atoms with Gasteiger partial charge in [-0.05, 0) is 0 Å². The average Bonchev–Trinajstić information content (AvgIpc) is 2.37. The predicted molar refractivity (Wildman–Crippen MR) is 27.1 cm³/mol. The molecule has 4 heteroatoms. The van der Waals surface area contributed by atoms with Crippen LogP contribution in [0.4, 0.5) is 0 Å². The van der Waals surface area contributed by atoms with Gasteiger partial charge in [-0.2, -0.15) is 0 Å². The first-order valence-electron chi connectivity index (χ1n) is 2.51. The molecule has 0 aliphatic carbocycles. The van der Waals surface area contributed by atoms with Crippen LogP contribution in [0.3, 0.4) is 0 Å². The van der Waals surface area contributed by atoms with Crippen LogP contribution in [-0.4, -0.2) is 25.8 Å². The summed E-state index contributed by atoms with van der Waals surface area (Å²) >= 11 is 0. The predicted octanol–water partition coefficient (Wildman–Crippen LogP) is -0.306. The molecule has 1 atom stereocenters. The van der Waals surface area contributed by atoms with E-state index in [9.17, 15) is 4.79 Å². The minimum Gasteiger partial charge on any atom is -0.467 e. The van der Waals surface area contributed by atoms with E-state index in [1.54, 1.807) is 0 Å². The highest BCUT2D eigenvalue weighted by molar-refractivity contribution is 5.74. The Morgan fingerprint density at radius 1 is 1.89 bits per heavy atom. The minimum atomic E-state index is -0.560. The van der Waals surface area contributed by atoms with E-state index in [2.05, 4.69) is 14.2 Å². The van der Waals surface area contributed by atoms with Gasteiger partial charge in [0.2, 0.25) is 6.79 Å². The van der Waals surface area contributed by atoms with Crippen LogP contribution >= 0.6 is 0 Å². The Kier molecular flexibility index (Phi) is 2.02. The van der Waals surface area contributed by atoms with Gasteiger partial charge in [0, 0.05) is 0 Å². The molecular weight excluding hydrogens is 124 g/mol. The van der Waals surface area contributed by atoms with Gasteiger partial charge in [0.25, 0.3) is 0 Å². The molecule has 1 heterocycles. The maximum Gasteiger partial charge on any atom is 0.337 e. The Morgan fingerprint density at radius 2 is 2.67 bits per heavy atom. The first kappa shape index (κ1) is 6.51. The van der Waals surface area contributed by atoms with E-state index in [1.807, 2.05) is 0 Å². The molecule has 0 N–H and O–H groups in total. The first-order valence-corrected chi connectivity index (χ1v) is 2.51. The van der Waals surface area contributed by atoms with Crippen LogP contribution in [0.25, 0.3) is 0 Å². The lowest BCUT2D eigenvalue weighted by Gasteiger charge is -2.01. The van der Waals surface area contributed by atoms with Crippen LogP contribution in [0.2, 0.25) is 0 Å². The topological polar surface area (TPSA) is 44.8 Å². The van der Waals surface area contributed by atoms with Crippen molar-refractivity contribution in [3.05, 3.63) is 6.79 Å². The molecule has 4 nitrogen and oxygen atoms in total. The molecule has 1 aliphatic rings. The molecule has 1 unspecified atom stereocenters. The van der Waals surface area contributed by atoms with Crippen molar-refractivity contribution in [2.24, 2.45) is 0 Å². The molecule has 0 saturated carbocycles. The third-order valence-corrected chi connectivity index (χ3v) is 1.000. The molecule has 1 saturated heterocycles. The van der Waals surface area contributed by atoms with E-state index >= 15 is 0 Å². The number of carbonyl (C=O) groups is 1. The zero-order valence-electron chi connectivity index (χ0n) is 4.99. The second-order valence-corrected chi connectivity index (χ2v) is 1.58. The Hall–Kier alpha value is -0.610. The second kappa shape index (κ2) is 2.80. The second-order valence-electron chi connectivity index (χ2n) is 1.58. The number of rotatable bonds is 1. The summed E-state index contributed by atoms with van der Waals surface area (Å²) < 4.78 is 13.7. The maximum atomic E-state index is 10.6. The molecule has 1 radical (unpaired) electrons. The molecule has 51 valence electrons. The fourth-order valence-electron chi connectivity index (χ4n) is 0.527. The minimum absolute atomic E-state index is 0.257. The molecule has 1 aliphatic heterocycles. The van der Waals surface area contributed by atoms with Gasteiger partial charge in [-0.1, -0.05) is 0 Å². The highest BCUT2D eigenvalue weighted by Gasteiger charge is 2.25. The van der Waals surface area contributed by atoms with Crippen LogP contribution in [-0.2, 0) is 19.0 Å². The van der Waals surface area contributed by atoms with Crippen LogP contribution < -0.4 is 0 Å². The average molecular weight is 131 g/mol. The number of esters is 1. The van der Waals surface area contributed by atoms with Crippen molar-refractivity contribution in [1.29, 1.82) is 0 Å². The van der Waals surface area contributed by atoms with E-state index in [-0.39, 0.29) is 6.61 Å². The molecule has 1 fully saturated rings. The van der Waals surface area contributed by atoms with Crippen molar-refractivity contribution in [2.75, 3.05) is 13.7 Å². The number of ether oxygens (including phenoxy) is 3. The van der Waals surface area contributed by atoms with Crippen LogP contribution in [0, 0.1) is 6.79 Å². The van der Waals surface area contributed by atoms with Crippen molar-refractivity contribution >= 4 is 5.97 Å². The summed E-state index contributed by atoms with van der Waals surface area (Å²) in [7, 11) is 1.31. The maximum absolute atomic E-state index is 10.6. The monoisotopic (exact) mass is 131 g/mol. The van der Waals surface area contributed by atoms with Gasteiger partial charge < -0.3 is 14.2 Å². The van der Waals surface area contributed by atoms with E-state index in [1.165, 1.54) is 7.11 Å². The number of carbonyl (C=O) groups excluding carboxylic acids is 1. The van der Waals surface area contributed by atoms with Crippen LogP contribution in [0.1, 0.15) is 0 Å². The van der Waals surface area contributed by atoms with Gasteiger partial charge in [0.05, 0.1) is 13.7 Å². The Morgan fingerprint density at radius 3 is 3.11 bits per heavy atom. The molecule has 0 aromatic rings. The number of hydrogen-bond acceptors (Lipinski definition) is 4. The number of methoxy groups -OCH3 is 1. The lowest BCUT2D eigenvalue weighted by molar-refractivity contribution is -0.149. The molecule has 9 heavy (non-hydrogen) atoms. The lowest BCUT2D eigenvalue weighted by atomic mass is 10.4. The Balaban J connectivity index is 2.32. The summed E-state index contributed by atoms with van der Waals surface area (Å²) in [4.78, 5) is 10.6. The summed E-state index contributed by atoms with van der Waals surface area (Å²) in [5, 5.41) is 0. The van der Waals surface area contributed by atoms with Crippen molar-refractivity contribution in [3.63, 3.8) is 0 Å². The van der Waals surface area contributed by atoms with Gasteiger partial charge >= 0.3 is 5.97 Å². The standard InChI is InChI=1S/C5H7O4/c1-7-5(6)4-2-8-3-9-4/h3-4H,2H2,1H3. The smallest absolute Gasteiger partial charge is 0.337 e. The van der Waals surface area contributed by atoms with E-state index in [0.717, 1.165) is 6.79 Å². The number of hydrogen-bond donors (Lipinski definition) is 0. The summed E-state index contributed by atoms with van der Waals surface area (Å²) in [6, 6.07) is 0. The summed E-state index contributed by atoms with van der Waals surface area (Å²) in [6.07, 6.45) is -0.560. The Bertz CT molecular complexity index is 106. The normalized spacial score (nSPS) is 26.1. The molecule has 0 aromatic carbocycles. The van der Waals surface area contributed by atoms with Gasteiger partial charge in [0.1, 0.15) is 0 Å². The van der Waals surface area contributed by atoms with Crippen molar-refractivity contribution in [1.82, 2.24) is 0 Å². The van der Waals surface area contributed by atoms with Gasteiger partial charge in [-0.25, -0.2) is 4.79 Å². The van der Waals surface area contributed by atoms with Crippen LogP contribution in [0.15, 0.2) is 0 Å². The molecule has 1 rings (SSSR count). The van der Waals surface area contributed by atoms with Crippen molar-refractivity contribution < 1.29 is 19.0 Å². The van der Waals surface area contributed by atoms with Crippen LogP contribution in [0.5, 0.6) is 0 Å². The van der Waals surface area contributed by atoms with Crippen molar-refractivity contribution in [3.8, 4) is 0 Å². The molecular formula is C5H7O4. The van der Waals surface area contributed by atoms with Gasteiger partial charge in [-0.3, -0.25) is 0 Å². The van der Waals surface area contributed by atoms with Gasteiger partial charge in [-0.15, -0.1) is 0 Å². The zero-order valence-corrected chi connectivity index (χ0v) is 4.99. The molecule has 0 spiro atoms. The Labute approximate surface area is 52.7 Å². The van der Waals surface area contributed by atoms with E-state index in [4.69, 9.17) is 0 Å². The molecule has 0 aromatic heterocycles. The lowest BCUT2D eigenvalue weighted by Crippen LogP contribution is -2.23.